The van der Waals surface area contributed by atoms with Crippen LogP contribution in [0.3, 0.4) is 0 Å². The van der Waals surface area contributed by atoms with Crippen LogP contribution in [0.15, 0.2) is 35.5 Å². The number of aryl methyl sites for hydroxylation is 3. The first-order valence-electron chi connectivity index (χ1n) is 10.1. The second-order valence-electron chi connectivity index (χ2n) is 7.15. The fourth-order valence-electron chi connectivity index (χ4n) is 3.29. The van der Waals surface area contributed by atoms with Crippen molar-refractivity contribution in [2.24, 2.45) is 5.14 Å². The van der Waals surface area contributed by atoms with Gasteiger partial charge in [-0.15, -0.1) is 11.3 Å². The summed E-state index contributed by atoms with van der Waals surface area (Å²) >= 11 is 1.58. The molecule has 0 amide bonds. The Labute approximate surface area is 190 Å². The van der Waals surface area contributed by atoms with Gasteiger partial charge in [-0.2, -0.15) is 9.97 Å². The van der Waals surface area contributed by atoms with Crippen LogP contribution in [-0.4, -0.2) is 32.9 Å². The van der Waals surface area contributed by atoms with E-state index in [-0.39, 0.29) is 4.90 Å². The summed E-state index contributed by atoms with van der Waals surface area (Å²) in [7, 11) is -3.72. The Balaban J connectivity index is 1.63. The monoisotopic (exact) mass is 472 g/mol. The minimum atomic E-state index is -3.72. The second kappa shape index (κ2) is 8.81. The number of hydrogen-bond donors (Lipinski definition) is 3. The van der Waals surface area contributed by atoms with Gasteiger partial charge in [-0.25, -0.2) is 23.5 Å². The molecule has 0 aliphatic carbocycles. The molecule has 3 aromatic heterocycles. The van der Waals surface area contributed by atoms with Crippen molar-refractivity contribution in [2.75, 3.05) is 10.6 Å². The molecule has 4 rings (SSSR count). The van der Waals surface area contributed by atoms with Crippen LogP contribution in [0.4, 0.5) is 16.9 Å². The molecule has 10 nitrogen and oxygen atoms in total. The van der Waals surface area contributed by atoms with Crippen molar-refractivity contribution in [1.29, 1.82) is 0 Å². The average Bonchev–Trinajstić information content (AvgIpc) is 3.34. The van der Waals surface area contributed by atoms with E-state index in [1.165, 1.54) is 17.0 Å². The van der Waals surface area contributed by atoms with Crippen molar-refractivity contribution < 1.29 is 8.42 Å². The molecule has 0 unspecified atom stereocenters. The zero-order valence-corrected chi connectivity index (χ0v) is 19.6. The molecule has 0 radical (unpaired) electrons. The first-order chi connectivity index (χ1) is 15.3. The van der Waals surface area contributed by atoms with Crippen LogP contribution >= 0.6 is 11.3 Å². The van der Waals surface area contributed by atoms with E-state index >= 15 is 0 Å². The van der Waals surface area contributed by atoms with Crippen molar-refractivity contribution in [3.05, 3.63) is 46.7 Å². The van der Waals surface area contributed by atoms with Crippen LogP contribution < -0.4 is 15.8 Å². The molecule has 0 aliphatic rings. The van der Waals surface area contributed by atoms with Gasteiger partial charge in [0.2, 0.25) is 16.0 Å². The van der Waals surface area contributed by atoms with E-state index in [1.807, 2.05) is 18.4 Å². The number of rotatable bonds is 8. The highest BCUT2D eigenvalue weighted by atomic mass is 32.2. The van der Waals surface area contributed by atoms with Crippen molar-refractivity contribution in [3.63, 3.8) is 0 Å². The molecule has 4 aromatic rings. The van der Waals surface area contributed by atoms with E-state index in [2.05, 4.69) is 37.5 Å². The summed E-state index contributed by atoms with van der Waals surface area (Å²) < 4.78 is 24.9. The minimum absolute atomic E-state index is 0.0754. The summed E-state index contributed by atoms with van der Waals surface area (Å²) in [5, 5.41) is 12.4. The van der Waals surface area contributed by atoms with Crippen LogP contribution in [0.2, 0.25) is 0 Å². The van der Waals surface area contributed by atoms with Crippen LogP contribution in [0.5, 0.6) is 0 Å². The fourth-order valence-corrected chi connectivity index (χ4v) is 4.70. The lowest BCUT2D eigenvalue weighted by molar-refractivity contribution is 0.598. The number of fused-ring (bicyclic) bond motifs is 1. The number of nitrogens with zero attached hydrogens (tertiary/aromatic N) is 5. The predicted molar refractivity (Wildman–Crippen MR) is 126 cm³/mol. The van der Waals surface area contributed by atoms with Gasteiger partial charge in [0.05, 0.1) is 16.9 Å². The standard InChI is InChI=1S/C20H24N8O2S2/c1-4-15-12(3)24-20(31-15)27-19-25-17(16-18(26-19)23-11-28(16)5-2)22-10-13-6-8-14(9-7-13)32(21,29)30/h6-9,11H,4-5,10H2,1-3H3,(H2,21,29,30)(H2,22,24,25,26,27). The van der Waals surface area contributed by atoms with Gasteiger partial charge in [0.15, 0.2) is 16.6 Å². The zero-order valence-electron chi connectivity index (χ0n) is 18.0. The number of nitrogens with two attached hydrogens (primary N) is 1. The van der Waals surface area contributed by atoms with Crippen LogP contribution in [0.1, 0.15) is 30.0 Å². The second-order valence-corrected chi connectivity index (χ2v) is 9.79. The van der Waals surface area contributed by atoms with Gasteiger partial charge in [-0.3, -0.25) is 5.32 Å². The molecule has 4 N–H and O–H groups in total. The van der Waals surface area contributed by atoms with E-state index in [0.29, 0.717) is 24.0 Å². The normalized spacial score (nSPS) is 11.8. The number of hydrogen-bond acceptors (Lipinski definition) is 9. The molecule has 0 bridgehead atoms. The number of benzene rings is 1. The van der Waals surface area contributed by atoms with Crippen molar-refractivity contribution in [3.8, 4) is 0 Å². The van der Waals surface area contributed by atoms with E-state index in [9.17, 15) is 8.42 Å². The molecule has 0 saturated carbocycles. The van der Waals surface area contributed by atoms with E-state index in [1.54, 1.807) is 29.8 Å². The highest BCUT2D eigenvalue weighted by Crippen LogP contribution is 2.27. The molecule has 0 spiro atoms. The molecule has 0 aliphatic heterocycles. The lowest BCUT2D eigenvalue weighted by Gasteiger charge is -2.11. The SMILES string of the molecule is CCc1sc(Nc2nc(NCc3ccc(S(N)(=O)=O)cc3)c3c(ncn3CC)n2)nc1C. The highest BCUT2D eigenvalue weighted by molar-refractivity contribution is 7.89. The van der Waals surface area contributed by atoms with Crippen molar-refractivity contribution in [1.82, 2.24) is 24.5 Å². The Morgan fingerprint density at radius 2 is 1.88 bits per heavy atom. The van der Waals surface area contributed by atoms with Crippen molar-refractivity contribution >= 4 is 49.4 Å². The lowest BCUT2D eigenvalue weighted by Crippen LogP contribution is -2.12. The number of imidazole rings is 1. The summed E-state index contributed by atoms with van der Waals surface area (Å²) in [5.74, 6) is 1.03. The average molecular weight is 473 g/mol. The summed E-state index contributed by atoms with van der Waals surface area (Å²) in [6.07, 6.45) is 2.65. The molecular formula is C20H24N8O2S2. The number of aromatic nitrogens is 5. The third-order valence-electron chi connectivity index (χ3n) is 4.96. The molecule has 0 atom stereocenters. The molecule has 1 aromatic carbocycles. The highest BCUT2D eigenvalue weighted by Gasteiger charge is 2.15. The third kappa shape index (κ3) is 4.56. The molecule has 12 heteroatoms. The van der Waals surface area contributed by atoms with Crippen LogP contribution in [-0.2, 0) is 29.5 Å². The van der Waals surface area contributed by atoms with Gasteiger partial charge in [-0.05, 0) is 38.0 Å². The van der Waals surface area contributed by atoms with E-state index in [4.69, 9.17) is 5.14 Å². The molecule has 3 heterocycles. The maximum Gasteiger partial charge on any atom is 0.238 e. The van der Waals surface area contributed by atoms with E-state index in [0.717, 1.165) is 34.9 Å². The molecule has 0 fully saturated rings. The van der Waals surface area contributed by atoms with Crippen molar-refractivity contribution in [2.45, 2.75) is 45.2 Å². The van der Waals surface area contributed by atoms with Gasteiger partial charge < -0.3 is 9.88 Å². The minimum Gasteiger partial charge on any atom is -0.364 e. The van der Waals surface area contributed by atoms with Crippen LogP contribution in [0, 0.1) is 6.92 Å². The van der Waals surface area contributed by atoms with E-state index < -0.39 is 10.0 Å². The van der Waals surface area contributed by atoms with Gasteiger partial charge >= 0.3 is 0 Å². The smallest absolute Gasteiger partial charge is 0.238 e. The summed E-state index contributed by atoms with van der Waals surface area (Å²) in [6.45, 7) is 7.26. The predicted octanol–water partition coefficient (Wildman–Crippen LogP) is 3.18. The largest absolute Gasteiger partial charge is 0.364 e. The molecule has 168 valence electrons. The summed E-state index contributed by atoms with van der Waals surface area (Å²) in [5.41, 5.74) is 3.24. The molecule has 32 heavy (non-hydrogen) atoms. The number of nitrogens with one attached hydrogen (secondary N) is 2. The molecular weight excluding hydrogens is 448 g/mol. The third-order valence-corrected chi connectivity index (χ3v) is 7.10. The first-order valence-corrected chi connectivity index (χ1v) is 12.5. The number of thiazole rings is 1. The Morgan fingerprint density at radius 3 is 2.50 bits per heavy atom. The number of primary sulfonamides is 1. The van der Waals surface area contributed by atoms with Gasteiger partial charge in [-0.1, -0.05) is 19.1 Å². The number of sulfonamides is 1. The maximum atomic E-state index is 11.5. The Bertz CT molecular complexity index is 1360. The van der Waals surface area contributed by atoms with Gasteiger partial charge in [0, 0.05) is 18.0 Å². The summed E-state index contributed by atoms with van der Waals surface area (Å²) in [6, 6.07) is 6.40. The summed E-state index contributed by atoms with van der Waals surface area (Å²) in [4.78, 5) is 19.5. The zero-order chi connectivity index (χ0) is 22.9. The lowest BCUT2D eigenvalue weighted by atomic mass is 10.2. The topological polar surface area (TPSA) is 141 Å². The van der Waals surface area contributed by atoms with Gasteiger partial charge in [0.25, 0.3) is 0 Å². The Kier molecular flexibility index (Phi) is 6.09. The van der Waals surface area contributed by atoms with Crippen LogP contribution in [0.25, 0.3) is 11.2 Å². The Morgan fingerprint density at radius 1 is 1.12 bits per heavy atom. The first kappa shape index (κ1) is 22.1. The quantitative estimate of drug-likeness (QED) is 0.355. The molecule has 0 saturated heterocycles. The maximum absolute atomic E-state index is 11.5. The van der Waals surface area contributed by atoms with Gasteiger partial charge in [0.1, 0.15) is 5.52 Å². The number of anilines is 3. The fraction of sp³-hybridized carbons (Fsp3) is 0.300. The Hall–Kier alpha value is -3.09.